The van der Waals surface area contributed by atoms with Crippen molar-refractivity contribution in [3.8, 4) is 5.75 Å². The topological polar surface area (TPSA) is 77.5 Å². The first-order valence-electron chi connectivity index (χ1n) is 7.99. The summed E-state index contributed by atoms with van der Waals surface area (Å²) in [5.41, 5.74) is 2.72. The van der Waals surface area contributed by atoms with Crippen molar-refractivity contribution in [3.63, 3.8) is 0 Å². The van der Waals surface area contributed by atoms with Crippen molar-refractivity contribution >= 4 is 5.91 Å². The number of nitrogens with one attached hydrogen (secondary N) is 1. The number of carbonyl (C=O) groups is 1. The van der Waals surface area contributed by atoms with E-state index < -0.39 is 0 Å². The molecule has 1 N–H and O–H groups in total. The molecule has 1 amide bonds. The second-order valence-electron chi connectivity index (χ2n) is 5.74. The van der Waals surface area contributed by atoms with Gasteiger partial charge in [0, 0.05) is 24.1 Å². The van der Waals surface area contributed by atoms with Gasteiger partial charge in [-0.05, 0) is 32.0 Å². The molecule has 0 fully saturated rings. The second kappa shape index (κ2) is 7.25. The van der Waals surface area contributed by atoms with Crippen molar-refractivity contribution in [1.29, 1.82) is 0 Å². The SMILES string of the molecule is COc1ccccc1CNC(=O)c1ccc(Cc2c(C)noc2C)o1. The standard InChI is InChI=1S/C19H20N2O4/c1-12-16(13(2)25-21-12)10-15-8-9-18(24-15)19(22)20-11-14-6-4-5-7-17(14)23-3/h4-9H,10-11H2,1-3H3,(H,20,22). The minimum Gasteiger partial charge on any atom is -0.496 e. The highest BCUT2D eigenvalue weighted by Crippen LogP contribution is 2.20. The Morgan fingerprint density at radius 3 is 2.72 bits per heavy atom. The number of amides is 1. The maximum Gasteiger partial charge on any atom is 0.287 e. The molecular formula is C19H20N2O4. The summed E-state index contributed by atoms with van der Waals surface area (Å²) in [7, 11) is 1.61. The molecule has 0 spiro atoms. The second-order valence-corrected chi connectivity index (χ2v) is 5.74. The van der Waals surface area contributed by atoms with Crippen molar-refractivity contribution in [2.45, 2.75) is 26.8 Å². The van der Waals surface area contributed by atoms with Crippen LogP contribution in [0.3, 0.4) is 0 Å². The first kappa shape index (κ1) is 16.8. The Morgan fingerprint density at radius 1 is 1.20 bits per heavy atom. The summed E-state index contributed by atoms with van der Waals surface area (Å²) in [4.78, 5) is 12.3. The molecule has 3 rings (SSSR count). The molecule has 0 saturated heterocycles. The average Bonchev–Trinajstić information content (AvgIpc) is 3.22. The van der Waals surface area contributed by atoms with Crippen LogP contribution in [0.5, 0.6) is 5.75 Å². The Hall–Kier alpha value is -3.02. The van der Waals surface area contributed by atoms with Gasteiger partial charge in [-0.2, -0.15) is 0 Å². The van der Waals surface area contributed by atoms with Gasteiger partial charge in [0.2, 0.25) is 0 Å². The van der Waals surface area contributed by atoms with E-state index in [4.69, 9.17) is 13.7 Å². The van der Waals surface area contributed by atoms with Gasteiger partial charge < -0.3 is 19.0 Å². The number of methoxy groups -OCH3 is 1. The molecule has 0 unspecified atom stereocenters. The van der Waals surface area contributed by atoms with Gasteiger partial charge in [-0.3, -0.25) is 4.79 Å². The van der Waals surface area contributed by atoms with E-state index in [-0.39, 0.29) is 11.7 Å². The van der Waals surface area contributed by atoms with Crippen molar-refractivity contribution in [2.24, 2.45) is 0 Å². The summed E-state index contributed by atoms with van der Waals surface area (Å²) in [5, 5.41) is 6.77. The first-order valence-corrected chi connectivity index (χ1v) is 7.99. The number of aromatic nitrogens is 1. The summed E-state index contributed by atoms with van der Waals surface area (Å²) in [6, 6.07) is 11.0. The lowest BCUT2D eigenvalue weighted by atomic mass is 10.1. The number of rotatable bonds is 6. The van der Waals surface area contributed by atoms with Crippen LogP contribution in [0.4, 0.5) is 0 Å². The molecule has 6 nitrogen and oxygen atoms in total. The van der Waals surface area contributed by atoms with E-state index in [1.54, 1.807) is 19.2 Å². The van der Waals surface area contributed by atoms with Gasteiger partial charge in [-0.15, -0.1) is 0 Å². The molecule has 0 bridgehead atoms. The fourth-order valence-electron chi connectivity index (χ4n) is 2.64. The van der Waals surface area contributed by atoms with E-state index in [0.717, 1.165) is 28.3 Å². The molecule has 130 valence electrons. The van der Waals surface area contributed by atoms with E-state index >= 15 is 0 Å². The van der Waals surface area contributed by atoms with Gasteiger partial charge in [0.25, 0.3) is 5.91 Å². The highest BCUT2D eigenvalue weighted by atomic mass is 16.5. The molecular weight excluding hydrogens is 320 g/mol. The molecule has 2 aromatic heterocycles. The number of hydrogen-bond donors (Lipinski definition) is 1. The van der Waals surface area contributed by atoms with E-state index in [9.17, 15) is 4.79 Å². The monoisotopic (exact) mass is 340 g/mol. The predicted octanol–water partition coefficient (Wildman–Crippen LogP) is 3.41. The number of para-hydroxylation sites is 1. The van der Waals surface area contributed by atoms with Gasteiger partial charge in [-0.1, -0.05) is 23.4 Å². The summed E-state index contributed by atoms with van der Waals surface area (Å²) in [5.74, 6) is 2.20. The van der Waals surface area contributed by atoms with Crippen LogP contribution in [0.2, 0.25) is 0 Å². The third-order valence-electron chi connectivity index (χ3n) is 4.05. The Balaban J connectivity index is 1.65. The number of aryl methyl sites for hydroxylation is 2. The maximum atomic E-state index is 12.3. The number of carbonyl (C=O) groups excluding carboxylic acids is 1. The van der Waals surface area contributed by atoms with E-state index in [2.05, 4.69) is 10.5 Å². The van der Waals surface area contributed by atoms with Crippen molar-refractivity contribution in [3.05, 3.63) is 70.5 Å². The van der Waals surface area contributed by atoms with Crippen LogP contribution < -0.4 is 10.1 Å². The first-order chi connectivity index (χ1) is 12.1. The molecule has 6 heteroatoms. The molecule has 25 heavy (non-hydrogen) atoms. The molecule has 0 aliphatic carbocycles. The normalized spacial score (nSPS) is 10.7. The number of hydrogen-bond acceptors (Lipinski definition) is 5. The zero-order valence-corrected chi connectivity index (χ0v) is 14.5. The van der Waals surface area contributed by atoms with Gasteiger partial charge in [0.1, 0.15) is 17.3 Å². The van der Waals surface area contributed by atoms with E-state index in [1.807, 2.05) is 38.1 Å². The molecule has 0 atom stereocenters. The van der Waals surface area contributed by atoms with E-state index in [1.165, 1.54) is 0 Å². The van der Waals surface area contributed by atoms with Gasteiger partial charge in [0.05, 0.1) is 12.8 Å². The van der Waals surface area contributed by atoms with Crippen molar-refractivity contribution in [1.82, 2.24) is 10.5 Å². The Bertz CT molecular complexity index is 860. The smallest absolute Gasteiger partial charge is 0.287 e. The lowest BCUT2D eigenvalue weighted by molar-refractivity contribution is 0.0921. The lowest BCUT2D eigenvalue weighted by Crippen LogP contribution is -2.22. The minimum absolute atomic E-state index is 0.268. The van der Waals surface area contributed by atoms with Gasteiger partial charge in [-0.25, -0.2) is 0 Å². The highest BCUT2D eigenvalue weighted by molar-refractivity contribution is 5.91. The zero-order chi connectivity index (χ0) is 17.8. The van der Waals surface area contributed by atoms with Crippen LogP contribution in [0.1, 0.15) is 38.9 Å². The minimum atomic E-state index is -0.268. The number of furan rings is 1. The summed E-state index contributed by atoms with van der Waals surface area (Å²) in [6.07, 6.45) is 0.543. The largest absolute Gasteiger partial charge is 0.496 e. The lowest BCUT2D eigenvalue weighted by Gasteiger charge is -2.08. The third kappa shape index (κ3) is 3.74. The maximum absolute atomic E-state index is 12.3. The van der Waals surface area contributed by atoms with Crippen LogP contribution in [0.25, 0.3) is 0 Å². The molecule has 3 aromatic rings. The number of ether oxygens (including phenoxy) is 1. The van der Waals surface area contributed by atoms with Gasteiger partial charge >= 0.3 is 0 Å². The van der Waals surface area contributed by atoms with Gasteiger partial charge in [0.15, 0.2) is 5.76 Å². The Kier molecular flexibility index (Phi) is 4.88. The Labute approximate surface area is 145 Å². The van der Waals surface area contributed by atoms with Crippen LogP contribution in [0, 0.1) is 13.8 Å². The molecule has 0 aliphatic heterocycles. The quantitative estimate of drug-likeness (QED) is 0.744. The van der Waals surface area contributed by atoms with Crippen LogP contribution in [0.15, 0.2) is 45.3 Å². The molecule has 0 aliphatic rings. The Morgan fingerprint density at radius 2 is 2.00 bits per heavy atom. The third-order valence-corrected chi connectivity index (χ3v) is 4.05. The van der Waals surface area contributed by atoms with Crippen LogP contribution in [-0.2, 0) is 13.0 Å². The molecule has 0 saturated carbocycles. The summed E-state index contributed by atoms with van der Waals surface area (Å²) in [6.45, 7) is 4.11. The zero-order valence-electron chi connectivity index (χ0n) is 14.5. The van der Waals surface area contributed by atoms with Crippen LogP contribution >= 0.6 is 0 Å². The fraction of sp³-hybridized carbons (Fsp3) is 0.263. The number of nitrogens with zero attached hydrogens (tertiary/aromatic N) is 1. The number of benzene rings is 1. The van der Waals surface area contributed by atoms with Crippen LogP contribution in [-0.4, -0.2) is 18.2 Å². The highest BCUT2D eigenvalue weighted by Gasteiger charge is 2.15. The predicted molar refractivity (Wildman–Crippen MR) is 91.7 cm³/mol. The summed E-state index contributed by atoms with van der Waals surface area (Å²) < 4.78 is 16.1. The summed E-state index contributed by atoms with van der Waals surface area (Å²) >= 11 is 0. The fourth-order valence-corrected chi connectivity index (χ4v) is 2.64. The average molecular weight is 340 g/mol. The molecule has 1 aromatic carbocycles. The van der Waals surface area contributed by atoms with Crippen molar-refractivity contribution in [2.75, 3.05) is 7.11 Å². The van der Waals surface area contributed by atoms with E-state index in [0.29, 0.717) is 18.7 Å². The molecule has 2 heterocycles. The molecule has 0 radical (unpaired) electrons. The van der Waals surface area contributed by atoms with Crippen molar-refractivity contribution < 1.29 is 18.5 Å².